The third kappa shape index (κ3) is 3.54. The third-order valence-electron chi connectivity index (χ3n) is 11.5. The highest BCUT2D eigenvalue weighted by molar-refractivity contribution is 5.14. The van der Waals surface area contributed by atoms with Crippen LogP contribution in [0.5, 0.6) is 0 Å². The Morgan fingerprint density at radius 1 is 0.968 bits per heavy atom. The normalized spacial score (nSPS) is 53.2. The Hall–Kier alpha value is -0.160. The summed E-state index contributed by atoms with van der Waals surface area (Å²) in [6.07, 6.45) is 9.93. The molecule has 4 aliphatic carbocycles. The van der Waals surface area contributed by atoms with Gasteiger partial charge in [0.2, 0.25) is 0 Å². The van der Waals surface area contributed by atoms with Crippen LogP contribution in [0.1, 0.15) is 85.0 Å². The summed E-state index contributed by atoms with van der Waals surface area (Å²) in [4.78, 5) is 0. The Balaban J connectivity index is 1.33. The average molecular weight is 435 g/mol. The second-order valence-corrected chi connectivity index (χ2v) is 12.8. The molecule has 5 aliphatic rings. The van der Waals surface area contributed by atoms with Crippen LogP contribution in [0.15, 0.2) is 0 Å². The smallest absolute Gasteiger partial charge is 0.0602 e. The van der Waals surface area contributed by atoms with Crippen LogP contribution in [0.4, 0.5) is 0 Å². The predicted molar refractivity (Wildman–Crippen MR) is 121 cm³/mol. The number of aliphatic hydroxyl groups is 3. The van der Waals surface area contributed by atoms with Crippen molar-refractivity contribution >= 4 is 0 Å². The molecular weight excluding hydrogens is 388 g/mol. The van der Waals surface area contributed by atoms with Crippen LogP contribution < -0.4 is 0 Å². The quantitative estimate of drug-likeness (QED) is 0.600. The van der Waals surface area contributed by atoms with Crippen molar-refractivity contribution < 1.29 is 20.1 Å². The lowest BCUT2D eigenvalue weighted by molar-refractivity contribution is -0.207. The molecule has 0 amide bonds. The Morgan fingerprint density at radius 2 is 1.74 bits per heavy atom. The topological polar surface area (TPSA) is 69.9 Å². The first-order valence-corrected chi connectivity index (χ1v) is 13.4. The fraction of sp³-hybridized carbons (Fsp3) is 1.00. The van der Waals surface area contributed by atoms with Crippen LogP contribution >= 0.6 is 0 Å². The van der Waals surface area contributed by atoms with E-state index in [0.717, 1.165) is 51.2 Å². The Kier molecular flexibility index (Phi) is 6.02. The molecule has 0 aromatic carbocycles. The van der Waals surface area contributed by atoms with Gasteiger partial charge in [-0.1, -0.05) is 33.6 Å². The zero-order valence-corrected chi connectivity index (χ0v) is 20.0. The van der Waals surface area contributed by atoms with E-state index in [0.29, 0.717) is 35.5 Å². The summed E-state index contributed by atoms with van der Waals surface area (Å²) in [5.74, 6) is 3.54. The van der Waals surface area contributed by atoms with E-state index < -0.39 is 0 Å². The molecule has 0 bridgehead atoms. The maximum Gasteiger partial charge on any atom is 0.0602 e. The van der Waals surface area contributed by atoms with Gasteiger partial charge < -0.3 is 20.1 Å². The molecule has 4 saturated carbocycles. The number of hydrogen-bond donors (Lipinski definition) is 3. The lowest BCUT2D eigenvalue weighted by Crippen LogP contribution is -2.62. The summed E-state index contributed by atoms with van der Waals surface area (Å²) in [5.41, 5.74) is 0.110. The molecule has 0 aromatic heterocycles. The largest absolute Gasteiger partial charge is 0.393 e. The SMILES string of the molecule is C[C@@H](CCCC1COC1)[C@H]1CC[C@H]2[C@@H]3[C@H](O)C[C@H]4C[C@@H](O)CC[C@]4(C)[C@H]3C[C@H](O)[C@]12C. The Labute approximate surface area is 189 Å². The molecular formula is C27H46O4. The number of fused-ring (bicyclic) bond motifs is 5. The molecule has 4 heteroatoms. The standard InChI is InChI=1S/C27H46O4/c1-16(5-4-6-17-14-31-15-17)20-7-8-21-25-22(13-24(30)27(20,21)3)26(2)10-9-19(28)11-18(26)12-23(25)29/h16-25,28-30H,4-15H2,1-3H3/t16-,18+,19-,20+,21-,22-,23+,24-,25-,26-,27+/m0/s1. The molecule has 0 unspecified atom stereocenters. The molecule has 1 saturated heterocycles. The summed E-state index contributed by atoms with van der Waals surface area (Å²) in [5, 5.41) is 33.3. The van der Waals surface area contributed by atoms with Crippen LogP contribution in [0.3, 0.4) is 0 Å². The lowest BCUT2D eigenvalue weighted by Gasteiger charge is -2.63. The van der Waals surface area contributed by atoms with Gasteiger partial charge in [-0.05, 0) is 97.7 Å². The number of hydrogen-bond acceptors (Lipinski definition) is 4. The summed E-state index contributed by atoms with van der Waals surface area (Å²) >= 11 is 0. The summed E-state index contributed by atoms with van der Waals surface area (Å²) in [6, 6.07) is 0. The molecule has 31 heavy (non-hydrogen) atoms. The van der Waals surface area contributed by atoms with E-state index >= 15 is 0 Å². The maximum absolute atomic E-state index is 11.7. The van der Waals surface area contributed by atoms with Gasteiger partial charge in [0, 0.05) is 5.92 Å². The van der Waals surface area contributed by atoms with Gasteiger partial charge in [0.1, 0.15) is 0 Å². The van der Waals surface area contributed by atoms with Crippen LogP contribution in [0.2, 0.25) is 0 Å². The molecule has 5 fully saturated rings. The third-order valence-corrected chi connectivity index (χ3v) is 11.5. The van der Waals surface area contributed by atoms with Crippen molar-refractivity contribution in [2.45, 2.75) is 103 Å². The van der Waals surface area contributed by atoms with Crippen molar-refractivity contribution in [3.63, 3.8) is 0 Å². The number of aliphatic hydroxyl groups excluding tert-OH is 3. The van der Waals surface area contributed by atoms with Gasteiger partial charge in [-0.25, -0.2) is 0 Å². The van der Waals surface area contributed by atoms with Gasteiger partial charge in [-0.2, -0.15) is 0 Å². The van der Waals surface area contributed by atoms with Crippen molar-refractivity contribution in [1.82, 2.24) is 0 Å². The second-order valence-electron chi connectivity index (χ2n) is 12.8. The fourth-order valence-corrected chi connectivity index (χ4v) is 9.51. The van der Waals surface area contributed by atoms with Crippen LogP contribution in [-0.2, 0) is 4.74 Å². The van der Waals surface area contributed by atoms with Crippen molar-refractivity contribution in [3.05, 3.63) is 0 Å². The number of ether oxygens (including phenoxy) is 1. The molecule has 178 valence electrons. The van der Waals surface area contributed by atoms with E-state index in [2.05, 4.69) is 20.8 Å². The molecule has 4 nitrogen and oxygen atoms in total. The lowest BCUT2D eigenvalue weighted by atomic mass is 9.43. The minimum absolute atomic E-state index is 0.0570. The second kappa shape index (κ2) is 8.25. The molecule has 1 aliphatic heterocycles. The summed E-state index contributed by atoms with van der Waals surface area (Å²) in [6.45, 7) is 9.12. The monoisotopic (exact) mass is 434 g/mol. The summed E-state index contributed by atoms with van der Waals surface area (Å²) < 4.78 is 5.33. The zero-order chi connectivity index (χ0) is 22.0. The van der Waals surface area contributed by atoms with Crippen molar-refractivity contribution in [1.29, 1.82) is 0 Å². The molecule has 1 heterocycles. The highest BCUT2D eigenvalue weighted by Crippen LogP contribution is 2.68. The van der Waals surface area contributed by atoms with E-state index in [9.17, 15) is 15.3 Å². The fourth-order valence-electron chi connectivity index (χ4n) is 9.51. The Bertz CT molecular complexity index is 649. The molecule has 11 atom stereocenters. The minimum atomic E-state index is -0.266. The zero-order valence-electron chi connectivity index (χ0n) is 20.0. The number of rotatable bonds is 5. The minimum Gasteiger partial charge on any atom is -0.393 e. The average Bonchev–Trinajstić information content (AvgIpc) is 3.04. The van der Waals surface area contributed by atoms with Crippen LogP contribution in [0, 0.1) is 52.3 Å². The molecule has 0 spiro atoms. The van der Waals surface area contributed by atoms with Crippen LogP contribution in [-0.4, -0.2) is 46.8 Å². The van der Waals surface area contributed by atoms with Crippen molar-refractivity contribution in [3.8, 4) is 0 Å². The first-order chi connectivity index (χ1) is 14.7. The summed E-state index contributed by atoms with van der Waals surface area (Å²) in [7, 11) is 0. The highest BCUT2D eigenvalue weighted by Gasteiger charge is 2.65. The van der Waals surface area contributed by atoms with Crippen molar-refractivity contribution in [2.24, 2.45) is 52.3 Å². The van der Waals surface area contributed by atoms with Gasteiger partial charge in [0.15, 0.2) is 0 Å². The van der Waals surface area contributed by atoms with Gasteiger partial charge in [0.05, 0.1) is 31.5 Å². The molecule has 0 aromatic rings. The molecule has 0 radical (unpaired) electrons. The maximum atomic E-state index is 11.7. The van der Waals surface area contributed by atoms with Gasteiger partial charge in [0.25, 0.3) is 0 Å². The van der Waals surface area contributed by atoms with Crippen molar-refractivity contribution in [2.75, 3.05) is 13.2 Å². The van der Waals surface area contributed by atoms with E-state index in [1.54, 1.807) is 0 Å². The first kappa shape index (κ1) is 22.6. The predicted octanol–water partition coefficient (Wildman–Crippen LogP) is 4.40. The van der Waals surface area contributed by atoms with E-state index in [-0.39, 0.29) is 29.1 Å². The highest BCUT2D eigenvalue weighted by atomic mass is 16.5. The molecule has 5 rings (SSSR count). The van der Waals surface area contributed by atoms with E-state index in [4.69, 9.17) is 4.74 Å². The van der Waals surface area contributed by atoms with E-state index in [1.165, 1.54) is 32.1 Å². The van der Waals surface area contributed by atoms with Gasteiger partial charge >= 0.3 is 0 Å². The molecule has 3 N–H and O–H groups in total. The van der Waals surface area contributed by atoms with E-state index in [1.807, 2.05) is 0 Å². The van der Waals surface area contributed by atoms with Gasteiger partial charge in [-0.15, -0.1) is 0 Å². The van der Waals surface area contributed by atoms with Gasteiger partial charge in [-0.3, -0.25) is 0 Å². The first-order valence-electron chi connectivity index (χ1n) is 13.4. The van der Waals surface area contributed by atoms with Crippen LogP contribution in [0.25, 0.3) is 0 Å². The Morgan fingerprint density at radius 3 is 2.45 bits per heavy atom.